The molecule has 1 unspecified atom stereocenters. The fourth-order valence-corrected chi connectivity index (χ4v) is 1.82. The predicted molar refractivity (Wildman–Crippen MR) is 55.1 cm³/mol. The minimum absolute atomic E-state index is 0.344. The minimum Gasteiger partial charge on any atom is -0.264 e. The van der Waals surface area contributed by atoms with Crippen molar-refractivity contribution in [1.82, 2.24) is 4.98 Å². The Labute approximate surface area is 81.9 Å². The molecule has 1 aromatic heterocycles. The Bertz CT molecular complexity index is 577. The number of pyridine rings is 1. The molecule has 0 fully saturated rings. The van der Waals surface area contributed by atoms with E-state index in [0.717, 1.165) is 10.8 Å². The summed E-state index contributed by atoms with van der Waals surface area (Å²) < 4.78 is 18.5. The molecule has 0 spiro atoms. The number of nitrogens with zero attached hydrogens (tertiary/aromatic N) is 1. The molecule has 0 bridgehead atoms. The molecular weight excluding hydrogens is 198 g/mol. The van der Waals surface area contributed by atoms with Crippen LogP contribution in [0.3, 0.4) is 0 Å². The standard InChI is InChI=1S/C9H9N3OS/c10-14(11,13)9-2-1-8-6-12-4-3-7(8)5-9/h1-6H,(H3,10,11,13). The van der Waals surface area contributed by atoms with Crippen molar-refractivity contribution in [3.8, 4) is 0 Å². The van der Waals surface area contributed by atoms with Crippen molar-refractivity contribution in [3.63, 3.8) is 0 Å². The fourth-order valence-electron chi connectivity index (χ4n) is 1.25. The molecule has 0 saturated heterocycles. The van der Waals surface area contributed by atoms with Gasteiger partial charge in [-0.25, -0.2) is 14.1 Å². The number of rotatable bonds is 1. The van der Waals surface area contributed by atoms with Crippen molar-refractivity contribution < 1.29 is 4.21 Å². The fraction of sp³-hybridized carbons (Fsp3) is 0. The van der Waals surface area contributed by atoms with Crippen molar-refractivity contribution in [3.05, 3.63) is 36.7 Å². The van der Waals surface area contributed by atoms with Crippen LogP contribution >= 0.6 is 0 Å². The van der Waals surface area contributed by atoms with E-state index in [-0.39, 0.29) is 0 Å². The number of hydrogen-bond acceptors (Lipinski definition) is 3. The van der Waals surface area contributed by atoms with Gasteiger partial charge in [-0.05, 0) is 23.6 Å². The Kier molecular flexibility index (Phi) is 1.98. The Morgan fingerprint density at radius 2 is 2.07 bits per heavy atom. The average molecular weight is 207 g/mol. The van der Waals surface area contributed by atoms with E-state index in [1.807, 2.05) is 0 Å². The lowest BCUT2D eigenvalue weighted by molar-refractivity contribution is 0.676. The van der Waals surface area contributed by atoms with Crippen LogP contribution in [0.1, 0.15) is 0 Å². The molecule has 72 valence electrons. The van der Waals surface area contributed by atoms with Crippen LogP contribution in [-0.2, 0) is 9.92 Å². The summed E-state index contributed by atoms with van der Waals surface area (Å²) in [6.07, 6.45) is 3.36. The second kappa shape index (κ2) is 3.04. The Hall–Kier alpha value is -1.46. The second-order valence-electron chi connectivity index (χ2n) is 2.99. The molecule has 0 amide bonds. The lowest BCUT2D eigenvalue weighted by atomic mass is 10.2. The largest absolute Gasteiger partial charge is 0.264 e. The smallest absolute Gasteiger partial charge is 0.132 e. The van der Waals surface area contributed by atoms with Gasteiger partial charge in [-0.1, -0.05) is 6.07 Å². The summed E-state index contributed by atoms with van der Waals surface area (Å²) in [5, 5.41) is 7.06. The Morgan fingerprint density at radius 1 is 1.29 bits per heavy atom. The third kappa shape index (κ3) is 1.59. The number of nitrogens with one attached hydrogen (secondary N) is 1. The van der Waals surface area contributed by atoms with Gasteiger partial charge in [0.25, 0.3) is 0 Å². The van der Waals surface area contributed by atoms with Crippen molar-refractivity contribution >= 4 is 20.7 Å². The third-order valence-corrected chi connectivity index (χ3v) is 2.92. The van der Waals surface area contributed by atoms with Crippen molar-refractivity contribution in [2.45, 2.75) is 4.90 Å². The summed E-state index contributed by atoms with van der Waals surface area (Å²) in [5.41, 5.74) is 0. The van der Waals surface area contributed by atoms with Gasteiger partial charge in [0, 0.05) is 17.8 Å². The SMILES string of the molecule is N=S(N)(=O)c1ccc2cnccc2c1. The summed E-state index contributed by atoms with van der Waals surface area (Å²) in [5.74, 6) is 0. The van der Waals surface area contributed by atoms with E-state index in [1.54, 1.807) is 36.7 Å². The Balaban J connectivity index is 2.75. The molecule has 4 nitrogen and oxygen atoms in total. The zero-order chi connectivity index (χ0) is 10.2. The van der Waals surface area contributed by atoms with Crippen LogP contribution in [0.15, 0.2) is 41.6 Å². The predicted octanol–water partition coefficient (Wildman–Crippen LogP) is 1.51. The lowest BCUT2D eigenvalue weighted by Crippen LogP contribution is -2.09. The zero-order valence-electron chi connectivity index (χ0n) is 7.31. The summed E-state index contributed by atoms with van der Waals surface area (Å²) in [7, 11) is -3.11. The normalized spacial score (nSPS) is 15.2. The summed E-state index contributed by atoms with van der Waals surface area (Å²) in [4.78, 5) is 4.30. The van der Waals surface area contributed by atoms with E-state index >= 15 is 0 Å². The highest BCUT2D eigenvalue weighted by atomic mass is 32.2. The molecule has 5 heteroatoms. The first kappa shape index (κ1) is 9.11. The molecular formula is C9H9N3OS. The molecule has 0 saturated carbocycles. The molecule has 1 heterocycles. The maximum Gasteiger partial charge on any atom is 0.132 e. The molecule has 14 heavy (non-hydrogen) atoms. The molecule has 0 aliphatic carbocycles. The van der Waals surface area contributed by atoms with Crippen LogP contribution in [0, 0.1) is 4.78 Å². The Morgan fingerprint density at radius 3 is 2.79 bits per heavy atom. The van der Waals surface area contributed by atoms with Crippen LogP contribution in [0.2, 0.25) is 0 Å². The molecule has 2 rings (SSSR count). The van der Waals surface area contributed by atoms with Crippen LogP contribution in [0.25, 0.3) is 10.8 Å². The molecule has 3 N–H and O–H groups in total. The summed E-state index contributed by atoms with van der Waals surface area (Å²) in [6, 6.07) is 6.81. The van der Waals surface area contributed by atoms with Gasteiger partial charge in [-0.3, -0.25) is 4.98 Å². The van der Waals surface area contributed by atoms with E-state index in [2.05, 4.69) is 4.98 Å². The van der Waals surface area contributed by atoms with Gasteiger partial charge in [0.2, 0.25) is 0 Å². The lowest BCUT2D eigenvalue weighted by Gasteiger charge is -2.02. The summed E-state index contributed by atoms with van der Waals surface area (Å²) >= 11 is 0. The zero-order valence-corrected chi connectivity index (χ0v) is 8.12. The van der Waals surface area contributed by atoms with Gasteiger partial charge < -0.3 is 0 Å². The van der Waals surface area contributed by atoms with Crippen LogP contribution < -0.4 is 5.14 Å². The van der Waals surface area contributed by atoms with E-state index < -0.39 is 9.92 Å². The number of hydrogen-bond donors (Lipinski definition) is 2. The first-order valence-corrected chi connectivity index (χ1v) is 5.60. The number of nitrogens with two attached hydrogens (primary N) is 1. The maximum absolute atomic E-state index is 11.3. The molecule has 0 aliphatic rings. The first-order chi connectivity index (χ1) is 6.57. The highest BCUT2D eigenvalue weighted by molar-refractivity contribution is 7.90. The van der Waals surface area contributed by atoms with E-state index in [9.17, 15) is 4.21 Å². The topological polar surface area (TPSA) is 79.8 Å². The monoisotopic (exact) mass is 207 g/mol. The van der Waals surface area contributed by atoms with Gasteiger partial charge in [0.05, 0.1) is 4.90 Å². The summed E-state index contributed by atoms with van der Waals surface area (Å²) in [6.45, 7) is 0. The molecule has 2 aromatic rings. The third-order valence-electron chi connectivity index (χ3n) is 1.96. The first-order valence-electron chi connectivity index (χ1n) is 3.98. The van der Waals surface area contributed by atoms with Gasteiger partial charge in [-0.2, -0.15) is 0 Å². The number of benzene rings is 1. The van der Waals surface area contributed by atoms with Crippen molar-refractivity contribution in [2.75, 3.05) is 0 Å². The van der Waals surface area contributed by atoms with Crippen molar-refractivity contribution in [2.24, 2.45) is 5.14 Å². The second-order valence-corrected chi connectivity index (χ2v) is 4.66. The van der Waals surface area contributed by atoms with Crippen LogP contribution in [0.5, 0.6) is 0 Å². The van der Waals surface area contributed by atoms with Gasteiger partial charge in [-0.15, -0.1) is 0 Å². The van der Waals surface area contributed by atoms with E-state index in [4.69, 9.17) is 9.92 Å². The van der Waals surface area contributed by atoms with Gasteiger partial charge in [0.1, 0.15) is 9.92 Å². The quantitative estimate of drug-likeness (QED) is 0.743. The van der Waals surface area contributed by atoms with E-state index in [1.165, 1.54) is 0 Å². The molecule has 1 atom stereocenters. The molecule has 0 aliphatic heterocycles. The number of aromatic nitrogens is 1. The highest BCUT2D eigenvalue weighted by Crippen LogP contribution is 2.16. The van der Waals surface area contributed by atoms with E-state index in [0.29, 0.717) is 4.90 Å². The minimum atomic E-state index is -3.11. The van der Waals surface area contributed by atoms with Gasteiger partial charge >= 0.3 is 0 Å². The van der Waals surface area contributed by atoms with Gasteiger partial charge in [0.15, 0.2) is 0 Å². The van der Waals surface area contributed by atoms with Crippen molar-refractivity contribution in [1.29, 1.82) is 4.78 Å². The molecule has 1 aromatic carbocycles. The number of fused-ring (bicyclic) bond motifs is 1. The highest BCUT2D eigenvalue weighted by Gasteiger charge is 2.03. The molecule has 0 radical (unpaired) electrons. The van der Waals surface area contributed by atoms with Crippen LogP contribution in [0.4, 0.5) is 0 Å². The average Bonchev–Trinajstić information content (AvgIpc) is 2.16. The van der Waals surface area contributed by atoms with Crippen LogP contribution in [-0.4, -0.2) is 9.19 Å². The maximum atomic E-state index is 11.3.